The quantitative estimate of drug-likeness (QED) is 0.797. The minimum atomic E-state index is -0.0274. The molecule has 0 aliphatic rings. The molecule has 0 saturated carbocycles. The normalized spacial score (nSPS) is 10.7. The van der Waals surface area contributed by atoms with Crippen LogP contribution in [-0.4, -0.2) is 31.0 Å². The number of hydrogen-bond acceptors (Lipinski definition) is 7. The second-order valence-electron chi connectivity index (χ2n) is 3.49. The second-order valence-corrected chi connectivity index (χ2v) is 4.81. The van der Waals surface area contributed by atoms with Crippen molar-refractivity contribution in [3.8, 4) is 6.01 Å². The Hall–Kier alpha value is -1.47. The van der Waals surface area contributed by atoms with Crippen molar-refractivity contribution in [3.05, 3.63) is 23.9 Å². The lowest BCUT2D eigenvalue weighted by molar-refractivity contribution is 0.219. The van der Waals surface area contributed by atoms with Crippen molar-refractivity contribution >= 4 is 23.4 Å². The van der Waals surface area contributed by atoms with E-state index in [-0.39, 0.29) is 17.4 Å². The summed E-state index contributed by atoms with van der Waals surface area (Å²) >= 11 is 7.08. The summed E-state index contributed by atoms with van der Waals surface area (Å²) in [4.78, 5) is 19.9. The van der Waals surface area contributed by atoms with Crippen molar-refractivity contribution < 1.29 is 4.74 Å². The predicted molar refractivity (Wildman–Crippen MR) is 66.8 cm³/mol. The summed E-state index contributed by atoms with van der Waals surface area (Å²) in [6.45, 7) is 3.77. The molecule has 2 heterocycles. The van der Waals surface area contributed by atoms with Gasteiger partial charge in [-0.05, 0) is 43.3 Å². The third kappa shape index (κ3) is 3.78. The molecule has 0 bridgehead atoms. The maximum atomic E-state index is 5.81. The minimum absolute atomic E-state index is 0.0274. The zero-order chi connectivity index (χ0) is 13.0. The average molecular weight is 284 g/mol. The van der Waals surface area contributed by atoms with Gasteiger partial charge in [-0.1, -0.05) is 0 Å². The van der Waals surface area contributed by atoms with Gasteiger partial charge in [0.05, 0.1) is 6.10 Å². The standard InChI is InChI=1S/C10H10ClN5OS/c1-6(2)17-9-14-8(11)15-10(16-9)18-7-3-4-12-5-13-7/h3-6H,1-2H3. The predicted octanol–water partition coefficient (Wildman–Crippen LogP) is 2.25. The van der Waals surface area contributed by atoms with Crippen molar-refractivity contribution in [2.75, 3.05) is 0 Å². The fraction of sp³-hybridized carbons (Fsp3) is 0.300. The Labute approximate surface area is 113 Å². The van der Waals surface area contributed by atoms with E-state index in [9.17, 15) is 0 Å². The molecule has 0 aliphatic heterocycles. The maximum Gasteiger partial charge on any atom is 0.322 e. The highest BCUT2D eigenvalue weighted by Crippen LogP contribution is 2.24. The lowest BCUT2D eigenvalue weighted by Crippen LogP contribution is -2.09. The van der Waals surface area contributed by atoms with Crippen molar-refractivity contribution in [2.24, 2.45) is 0 Å². The number of ether oxygens (including phenoxy) is 1. The van der Waals surface area contributed by atoms with Crippen molar-refractivity contribution in [2.45, 2.75) is 30.1 Å². The number of rotatable bonds is 4. The van der Waals surface area contributed by atoms with Gasteiger partial charge in [-0.3, -0.25) is 0 Å². The molecular weight excluding hydrogens is 274 g/mol. The first-order valence-corrected chi connectivity index (χ1v) is 6.35. The zero-order valence-corrected chi connectivity index (χ0v) is 11.3. The van der Waals surface area contributed by atoms with Crippen molar-refractivity contribution in [3.63, 3.8) is 0 Å². The fourth-order valence-corrected chi connectivity index (χ4v) is 1.93. The molecular formula is C10H10ClN5OS. The van der Waals surface area contributed by atoms with E-state index < -0.39 is 0 Å². The Kier molecular flexibility index (Phi) is 4.27. The van der Waals surface area contributed by atoms with Gasteiger partial charge in [0.15, 0.2) is 0 Å². The summed E-state index contributed by atoms with van der Waals surface area (Å²) in [5, 5.41) is 1.25. The van der Waals surface area contributed by atoms with Crippen molar-refractivity contribution in [1.29, 1.82) is 0 Å². The number of nitrogens with zero attached hydrogens (tertiary/aromatic N) is 5. The van der Waals surface area contributed by atoms with Gasteiger partial charge in [-0.25, -0.2) is 9.97 Å². The molecule has 18 heavy (non-hydrogen) atoms. The van der Waals surface area contributed by atoms with Crippen LogP contribution in [0.1, 0.15) is 13.8 Å². The molecule has 0 atom stereocenters. The van der Waals surface area contributed by atoms with Crippen LogP contribution in [0, 0.1) is 0 Å². The largest absolute Gasteiger partial charge is 0.461 e. The van der Waals surface area contributed by atoms with Crippen LogP contribution in [0.4, 0.5) is 0 Å². The molecule has 0 fully saturated rings. The molecule has 0 radical (unpaired) electrons. The van der Waals surface area contributed by atoms with E-state index in [0.717, 1.165) is 5.03 Å². The highest BCUT2D eigenvalue weighted by molar-refractivity contribution is 7.99. The molecule has 6 nitrogen and oxygen atoms in total. The molecule has 8 heteroatoms. The summed E-state index contributed by atoms with van der Waals surface area (Å²) in [5.74, 6) is 0. The Morgan fingerprint density at radius 3 is 2.78 bits per heavy atom. The minimum Gasteiger partial charge on any atom is -0.461 e. The van der Waals surface area contributed by atoms with Crippen LogP contribution in [-0.2, 0) is 0 Å². The molecule has 0 amide bonds. The summed E-state index contributed by atoms with van der Waals surface area (Å²) in [5.41, 5.74) is 0. The lowest BCUT2D eigenvalue weighted by Gasteiger charge is -2.08. The third-order valence-electron chi connectivity index (χ3n) is 1.66. The van der Waals surface area contributed by atoms with Crippen LogP contribution < -0.4 is 4.74 Å². The van der Waals surface area contributed by atoms with Crippen LogP contribution >= 0.6 is 23.4 Å². The highest BCUT2D eigenvalue weighted by Gasteiger charge is 2.09. The van der Waals surface area contributed by atoms with Gasteiger partial charge in [0.2, 0.25) is 10.4 Å². The molecule has 0 aliphatic carbocycles. The second kappa shape index (κ2) is 5.92. The molecule has 2 rings (SSSR count). The molecule has 0 saturated heterocycles. The molecule has 94 valence electrons. The Morgan fingerprint density at radius 2 is 2.11 bits per heavy atom. The van der Waals surface area contributed by atoms with Gasteiger partial charge >= 0.3 is 6.01 Å². The summed E-state index contributed by atoms with van der Waals surface area (Å²) < 4.78 is 5.38. The Morgan fingerprint density at radius 1 is 1.28 bits per heavy atom. The molecule has 0 spiro atoms. The fourth-order valence-electron chi connectivity index (χ4n) is 1.06. The van der Waals surface area contributed by atoms with E-state index in [4.69, 9.17) is 16.3 Å². The van der Waals surface area contributed by atoms with E-state index in [0.29, 0.717) is 5.16 Å². The van der Waals surface area contributed by atoms with Crippen LogP contribution in [0.3, 0.4) is 0 Å². The smallest absolute Gasteiger partial charge is 0.322 e. The summed E-state index contributed by atoms with van der Waals surface area (Å²) in [6.07, 6.45) is 3.07. The van der Waals surface area contributed by atoms with Gasteiger partial charge < -0.3 is 4.74 Å². The lowest BCUT2D eigenvalue weighted by atomic mass is 10.5. The van der Waals surface area contributed by atoms with Crippen LogP contribution in [0.5, 0.6) is 6.01 Å². The first-order chi connectivity index (χ1) is 8.63. The number of hydrogen-bond donors (Lipinski definition) is 0. The summed E-state index contributed by atoms with van der Waals surface area (Å²) in [7, 11) is 0. The number of aromatic nitrogens is 5. The number of halogens is 1. The topological polar surface area (TPSA) is 73.7 Å². The van der Waals surface area contributed by atoms with Gasteiger partial charge in [0.1, 0.15) is 11.4 Å². The SMILES string of the molecule is CC(C)Oc1nc(Cl)nc(Sc2ccncn2)n1. The van der Waals surface area contributed by atoms with Gasteiger partial charge in [0.25, 0.3) is 0 Å². The van der Waals surface area contributed by atoms with E-state index in [1.165, 1.54) is 18.1 Å². The first-order valence-electron chi connectivity index (χ1n) is 5.15. The molecule has 0 N–H and O–H groups in total. The first kappa shape index (κ1) is 13.0. The van der Waals surface area contributed by atoms with Crippen LogP contribution in [0.25, 0.3) is 0 Å². The maximum absolute atomic E-state index is 5.81. The van der Waals surface area contributed by atoms with Crippen molar-refractivity contribution in [1.82, 2.24) is 24.9 Å². The highest BCUT2D eigenvalue weighted by atomic mass is 35.5. The molecule has 2 aromatic rings. The van der Waals surface area contributed by atoms with E-state index in [2.05, 4.69) is 24.9 Å². The molecule has 0 aromatic carbocycles. The molecule has 2 aromatic heterocycles. The zero-order valence-electron chi connectivity index (χ0n) is 9.74. The monoisotopic (exact) mass is 283 g/mol. The van der Waals surface area contributed by atoms with Gasteiger partial charge in [0, 0.05) is 6.20 Å². The van der Waals surface area contributed by atoms with Gasteiger partial charge in [-0.2, -0.15) is 15.0 Å². The van der Waals surface area contributed by atoms with Crippen LogP contribution in [0.15, 0.2) is 28.8 Å². The third-order valence-corrected chi connectivity index (χ3v) is 2.64. The van der Waals surface area contributed by atoms with E-state index >= 15 is 0 Å². The van der Waals surface area contributed by atoms with E-state index in [1.807, 2.05) is 13.8 Å². The summed E-state index contributed by atoms with van der Waals surface area (Å²) in [6, 6.07) is 1.97. The Balaban J connectivity index is 2.20. The van der Waals surface area contributed by atoms with Crippen LogP contribution in [0.2, 0.25) is 5.28 Å². The van der Waals surface area contributed by atoms with E-state index in [1.54, 1.807) is 12.3 Å². The Bertz CT molecular complexity index is 525. The molecule has 0 unspecified atom stereocenters. The average Bonchev–Trinajstić information content (AvgIpc) is 2.28. The van der Waals surface area contributed by atoms with Gasteiger partial charge in [-0.15, -0.1) is 0 Å².